The lowest BCUT2D eigenvalue weighted by Gasteiger charge is -2.39. The van der Waals surface area contributed by atoms with Gasteiger partial charge in [0, 0.05) is 17.8 Å². The maximum absolute atomic E-state index is 13.7. The highest BCUT2D eigenvalue weighted by Gasteiger charge is 2.76. The van der Waals surface area contributed by atoms with Gasteiger partial charge in [0.25, 0.3) is 0 Å². The lowest BCUT2D eigenvalue weighted by Crippen LogP contribution is -2.58. The van der Waals surface area contributed by atoms with Crippen LogP contribution in [-0.4, -0.2) is 62.5 Å². The Hall–Kier alpha value is -2.06. The van der Waals surface area contributed by atoms with E-state index in [1.807, 2.05) is 44.2 Å². The van der Waals surface area contributed by atoms with Gasteiger partial charge in [-0.1, -0.05) is 37.3 Å². The lowest BCUT2D eigenvalue weighted by atomic mass is 9.66. The molecular formula is C24H33N3O4S. The molecule has 3 unspecified atom stereocenters. The van der Waals surface area contributed by atoms with Gasteiger partial charge < -0.3 is 20.6 Å². The summed E-state index contributed by atoms with van der Waals surface area (Å²) < 4.78 is -0.654. The molecule has 32 heavy (non-hydrogen) atoms. The van der Waals surface area contributed by atoms with Crippen LogP contribution < -0.4 is 10.6 Å². The highest BCUT2D eigenvalue weighted by molar-refractivity contribution is 8.02. The van der Waals surface area contributed by atoms with E-state index < -0.39 is 28.7 Å². The normalized spacial score (nSPS) is 34.0. The molecule has 0 radical (unpaired) electrons. The van der Waals surface area contributed by atoms with Crippen molar-refractivity contribution in [2.24, 2.45) is 17.8 Å². The molecule has 3 fully saturated rings. The highest BCUT2D eigenvalue weighted by atomic mass is 32.2. The topological polar surface area (TPSA) is 98.7 Å². The number of rotatable bonds is 7. The minimum absolute atomic E-state index is 0.00987. The molecule has 174 valence electrons. The number of carbonyl (C=O) groups is 3. The zero-order valence-electron chi connectivity index (χ0n) is 19.1. The van der Waals surface area contributed by atoms with E-state index >= 15 is 0 Å². The van der Waals surface area contributed by atoms with Gasteiger partial charge in [0.1, 0.15) is 6.04 Å². The quantitative estimate of drug-likeness (QED) is 0.575. The van der Waals surface area contributed by atoms with Crippen LogP contribution in [-0.2, 0) is 20.9 Å². The predicted molar refractivity (Wildman–Crippen MR) is 124 cm³/mol. The Balaban J connectivity index is 1.66. The second-order valence-electron chi connectivity index (χ2n) is 9.70. The van der Waals surface area contributed by atoms with Crippen molar-refractivity contribution in [1.82, 2.24) is 15.5 Å². The average Bonchev–Trinajstić information content (AvgIpc) is 3.35. The molecule has 1 aromatic carbocycles. The van der Waals surface area contributed by atoms with Crippen molar-refractivity contribution in [3.8, 4) is 0 Å². The minimum Gasteiger partial charge on any atom is -0.394 e. The summed E-state index contributed by atoms with van der Waals surface area (Å²) in [6.07, 6.45) is 0.796. The van der Waals surface area contributed by atoms with Crippen molar-refractivity contribution in [2.45, 2.75) is 68.8 Å². The van der Waals surface area contributed by atoms with Crippen molar-refractivity contribution in [3.63, 3.8) is 0 Å². The molecule has 0 aromatic heterocycles. The number of amides is 3. The Labute approximate surface area is 193 Å². The maximum atomic E-state index is 13.7. The number of aliphatic hydroxyl groups excluding tert-OH is 1. The molecule has 4 rings (SSSR count). The summed E-state index contributed by atoms with van der Waals surface area (Å²) in [5.74, 6) is -1.42. The van der Waals surface area contributed by atoms with Crippen LogP contribution in [0.4, 0.5) is 0 Å². The summed E-state index contributed by atoms with van der Waals surface area (Å²) in [6, 6.07) is 8.44. The van der Waals surface area contributed by atoms with Crippen LogP contribution in [0.3, 0.4) is 0 Å². The van der Waals surface area contributed by atoms with Gasteiger partial charge in [0.05, 0.1) is 29.2 Å². The van der Waals surface area contributed by atoms with Crippen molar-refractivity contribution in [2.75, 3.05) is 6.61 Å². The number of thioether (sulfide) groups is 1. The molecule has 3 N–H and O–H groups in total. The molecule has 3 saturated heterocycles. The first-order valence-electron chi connectivity index (χ1n) is 11.4. The first-order valence-corrected chi connectivity index (χ1v) is 12.3. The molecule has 1 aromatic rings. The number of nitrogens with zero attached hydrogens (tertiary/aromatic N) is 1. The molecule has 3 aliphatic rings. The van der Waals surface area contributed by atoms with Crippen molar-refractivity contribution in [3.05, 3.63) is 35.9 Å². The average molecular weight is 460 g/mol. The van der Waals surface area contributed by atoms with Gasteiger partial charge in [0.15, 0.2) is 0 Å². The first kappa shape index (κ1) is 23.1. The van der Waals surface area contributed by atoms with E-state index in [1.165, 1.54) is 0 Å². The molecule has 7 nitrogen and oxygen atoms in total. The molecule has 0 saturated carbocycles. The van der Waals surface area contributed by atoms with E-state index in [0.717, 1.165) is 12.0 Å². The number of carbonyl (C=O) groups excluding carboxylic acids is 3. The van der Waals surface area contributed by atoms with E-state index in [0.29, 0.717) is 6.54 Å². The Morgan fingerprint density at radius 2 is 1.91 bits per heavy atom. The van der Waals surface area contributed by atoms with Crippen LogP contribution in [0.15, 0.2) is 30.3 Å². The number of hydrogen-bond donors (Lipinski definition) is 3. The second-order valence-corrected chi connectivity index (χ2v) is 11.2. The smallest absolute Gasteiger partial charge is 0.244 e. The number of hydrogen-bond acceptors (Lipinski definition) is 5. The summed E-state index contributed by atoms with van der Waals surface area (Å²) in [7, 11) is 0. The lowest BCUT2D eigenvalue weighted by molar-refractivity contribution is -0.142. The number of nitrogens with one attached hydrogen (secondary N) is 2. The van der Waals surface area contributed by atoms with Gasteiger partial charge in [-0.2, -0.15) is 0 Å². The summed E-state index contributed by atoms with van der Waals surface area (Å²) in [5, 5.41) is 15.9. The molecular weight excluding hydrogens is 426 g/mol. The van der Waals surface area contributed by atoms with Gasteiger partial charge in [0.2, 0.25) is 17.7 Å². The SMILES string of the molecule is CC(C)NC(=O)C1N([C@H](C)CO)C(=O)[C@@H]2[C@@H](C(=O)NCc3ccccc3)[C@H]3CC(C)C12S3. The zero-order chi connectivity index (χ0) is 23.2. The summed E-state index contributed by atoms with van der Waals surface area (Å²) in [5.41, 5.74) is 1.00. The fourth-order valence-corrected chi connectivity index (χ4v) is 8.30. The van der Waals surface area contributed by atoms with Gasteiger partial charge in [-0.05, 0) is 38.7 Å². The monoisotopic (exact) mass is 459 g/mol. The van der Waals surface area contributed by atoms with Gasteiger partial charge in [-0.15, -0.1) is 11.8 Å². The third kappa shape index (κ3) is 3.52. The van der Waals surface area contributed by atoms with Crippen LogP contribution >= 0.6 is 11.8 Å². The van der Waals surface area contributed by atoms with E-state index in [4.69, 9.17) is 0 Å². The molecule has 3 heterocycles. The molecule has 2 bridgehead atoms. The van der Waals surface area contributed by atoms with Crippen molar-refractivity contribution in [1.29, 1.82) is 0 Å². The fourth-order valence-electron chi connectivity index (χ4n) is 5.89. The van der Waals surface area contributed by atoms with Crippen molar-refractivity contribution < 1.29 is 19.5 Å². The third-order valence-corrected chi connectivity index (χ3v) is 9.29. The van der Waals surface area contributed by atoms with E-state index in [9.17, 15) is 19.5 Å². The Bertz CT molecular complexity index is 894. The Kier molecular flexibility index (Phi) is 6.29. The molecule has 3 amide bonds. The fraction of sp³-hybridized carbons (Fsp3) is 0.625. The van der Waals surface area contributed by atoms with Gasteiger partial charge >= 0.3 is 0 Å². The zero-order valence-corrected chi connectivity index (χ0v) is 19.9. The largest absolute Gasteiger partial charge is 0.394 e. The standard InChI is InChI=1S/C24H33N3O4S/c1-13(2)26-22(30)20-24-14(3)10-17(32-24)18(19(24)23(31)27(20)15(4)12-28)21(29)25-11-16-8-6-5-7-9-16/h5-9,13-15,17-20,28H,10-12H2,1-4H3,(H,25,29)(H,26,30)/t14?,15-,17-,18+,19+,20?,24?/m1/s1. The van der Waals surface area contributed by atoms with Crippen LogP contribution in [0.5, 0.6) is 0 Å². The second kappa shape index (κ2) is 8.71. The Morgan fingerprint density at radius 1 is 1.22 bits per heavy atom. The van der Waals surface area contributed by atoms with Crippen molar-refractivity contribution >= 4 is 29.5 Å². The van der Waals surface area contributed by atoms with Crippen LogP contribution in [0, 0.1) is 17.8 Å². The molecule has 8 heteroatoms. The molecule has 0 aliphatic carbocycles. The minimum atomic E-state index is -0.693. The highest BCUT2D eigenvalue weighted by Crippen LogP contribution is 2.68. The Morgan fingerprint density at radius 3 is 2.53 bits per heavy atom. The third-order valence-electron chi connectivity index (χ3n) is 7.21. The number of fused-ring (bicyclic) bond motifs is 1. The predicted octanol–water partition coefficient (Wildman–Crippen LogP) is 1.55. The maximum Gasteiger partial charge on any atom is 0.244 e. The molecule has 1 spiro atoms. The van der Waals surface area contributed by atoms with Gasteiger partial charge in [-0.25, -0.2) is 0 Å². The van der Waals surface area contributed by atoms with E-state index in [2.05, 4.69) is 17.6 Å². The summed E-state index contributed by atoms with van der Waals surface area (Å²) >= 11 is 1.65. The number of likely N-dealkylation sites (tertiary alicyclic amines) is 1. The van der Waals surface area contributed by atoms with E-state index in [1.54, 1.807) is 23.6 Å². The van der Waals surface area contributed by atoms with Crippen LogP contribution in [0.2, 0.25) is 0 Å². The molecule has 3 aliphatic heterocycles. The molecule has 7 atom stereocenters. The number of benzene rings is 1. The van der Waals surface area contributed by atoms with Crippen LogP contribution in [0.1, 0.15) is 39.7 Å². The summed E-state index contributed by atoms with van der Waals surface area (Å²) in [6.45, 7) is 7.82. The van der Waals surface area contributed by atoms with Gasteiger partial charge in [-0.3, -0.25) is 14.4 Å². The van der Waals surface area contributed by atoms with E-state index in [-0.39, 0.29) is 41.5 Å². The first-order chi connectivity index (χ1) is 15.2. The summed E-state index contributed by atoms with van der Waals surface area (Å²) in [4.78, 5) is 42.1. The van der Waals surface area contributed by atoms with Crippen LogP contribution in [0.25, 0.3) is 0 Å². The number of aliphatic hydroxyl groups is 1.